The minimum absolute atomic E-state index is 0.00246. The number of carbonyl (C=O) groups excluding carboxylic acids is 1. The summed E-state index contributed by atoms with van der Waals surface area (Å²) in [5.74, 6) is -0.00246. The van der Waals surface area contributed by atoms with E-state index in [1.807, 2.05) is 0 Å². The van der Waals surface area contributed by atoms with Crippen molar-refractivity contribution in [3.8, 4) is 0 Å². The van der Waals surface area contributed by atoms with Crippen molar-refractivity contribution in [1.29, 1.82) is 0 Å². The molecule has 1 aliphatic heterocycles. The SMILES string of the molecule is NCCCCCC(=O)NCC1(O)CCOC1. The van der Waals surface area contributed by atoms with Gasteiger partial charge in [-0.1, -0.05) is 6.42 Å². The number of hydrogen-bond donors (Lipinski definition) is 3. The lowest BCUT2D eigenvalue weighted by Crippen LogP contribution is -2.43. The van der Waals surface area contributed by atoms with Gasteiger partial charge in [-0.15, -0.1) is 0 Å². The average molecular weight is 230 g/mol. The molecule has 4 N–H and O–H groups in total. The normalized spacial score (nSPS) is 24.6. The van der Waals surface area contributed by atoms with E-state index in [0.717, 1.165) is 19.3 Å². The monoisotopic (exact) mass is 230 g/mol. The first kappa shape index (κ1) is 13.4. The van der Waals surface area contributed by atoms with E-state index in [4.69, 9.17) is 10.5 Å². The molecule has 16 heavy (non-hydrogen) atoms. The summed E-state index contributed by atoms with van der Waals surface area (Å²) in [6, 6.07) is 0. The maximum atomic E-state index is 11.4. The molecule has 1 amide bonds. The maximum Gasteiger partial charge on any atom is 0.220 e. The van der Waals surface area contributed by atoms with Crippen LogP contribution in [0.5, 0.6) is 0 Å². The largest absolute Gasteiger partial charge is 0.386 e. The smallest absolute Gasteiger partial charge is 0.220 e. The molecule has 5 nitrogen and oxygen atoms in total. The molecule has 1 saturated heterocycles. The molecule has 1 heterocycles. The third-order valence-electron chi connectivity index (χ3n) is 2.81. The van der Waals surface area contributed by atoms with Crippen molar-refractivity contribution < 1.29 is 14.6 Å². The molecule has 0 aromatic carbocycles. The van der Waals surface area contributed by atoms with Gasteiger partial charge in [0.2, 0.25) is 5.91 Å². The maximum absolute atomic E-state index is 11.4. The number of nitrogens with two attached hydrogens (primary N) is 1. The van der Waals surface area contributed by atoms with Crippen molar-refractivity contribution in [2.45, 2.75) is 37.7 Å². The summed E-state index contributed by atoms with van der Waals surface area (Å²) in [4.78, 5) is 11.4. The molecule has 0 saturated carbocycles. The first-order valence-corrected chi connectivity index (χ1v) is 5.93. The van der Waals surface area contributed by atoms with Crippen molar-refractivity contribution in [3.63, 3.8) is 0 Å². The molecule has 1 atom stereocenters. The fourth-order valence-corrected chi connectivity index (χ4v) is 1.69. The van der Waals surface area contributed by atoms with E-state index >= 15 is 0 Å². The zero-order valence-electron chi connectivity index (χ0n) is 9.71. The Hall–Kier alpha value is -0.650. The van der Waals surface area contributed by atoms with Crippen molar-refractivity contribution in [3.05, 3.63) is 0 Å². The third-order valence-corrected chi connectivity index (χ3v) is 2.81. The van der Waals surface area contributed by atoms with Gasteiger partial charge in [-0.2, -0.15) is 0 Å². The summed E-state index contributed by atoms with van der Waals surface area (Å²) in [6.07, 6.45) is 3.91. The highest BCUT2D eigenvalue weighted by Crippen LogP contribution is 2.16. The van der Waals surface area contributed by atoms with Crippen LogP contribution in [0.15, 0.2) is 0 Å². The van der Waals surface area contributed by atoms with Gasteiger partial charge in [0, 0.05) is 26.0 Å². The lowest BCUT2D eigenvalue weighted by atomic mass is 10.0. The highest BCUT2D eigenvalue weighted by molar-refractivity contribution is 5.75. The highest BCUT2D eigenvalue weighted by atomic mass is 16.5. The number of rotatable bonds is 7. The Morgan fingerprint density at radius 3 is 2.88 bits per heavy atom. The molecule has 0 aromatic rings. The number of carbonyl (C=O) groups is 1. The Labute approximate surface area is 96.3 Å². The summed E-state index contributed by atoms with van der Waals surface area (Å²) in [6.45, 7) is 1.87. The molecule has 1 aliphatic rings. The van der Waals surface area contributed by atoms with Gasteiger partial charge in [0.15, 0.2) is 0 Å². The van der Waals surface area contributed by atoms with Crippen LogP contribution in [0.4, 0.5) is 0 Å². The van der Waals surface area contributed by atoms with Crippen molar-refractivity contribution in [2.24, 2.45) is 5.73 Å². The fourth-order valence-electron chi connectivity index (χ4n) is 1.69. The minimum Gasteiger partial charge on any atom is -0.386 e. The standard InChI is InChI=1S/C11H22N2O3/c12-6-3-1-2-4-10(14)13-8-11(15)5-7-16-9-11/h15H,1-9,12H2,(H,13,14). The van der Waals surface area contributed by atoms with Crippen LogP contribution in [0.1, 0.15) is 32.1 Å². The van der Waals surface area contributed by atoms with Gasteiger partial charge >= 0.3 is 0 Å². The summed E-state index contributed by atoms with van der Waals surface area (Å²) in [7, 11) is 0. The number of unbranched alkanes of at least 4 members (excludes halogenated alkanes) is 2. The molecule has 0 spiro atoms. The summed E-state index contributed by atoms with van der Waals surface area (Å²) in [5, 5.41) is 12.6. The third kappa shape index (κ3) is 4.92. The molecule has 1 unspecified atom stereocenters. The lowest BCUT2D eigenvalue weighted by molar-refractivity contribution is -0.122. The Kier molecular flexibility index (Phi) is 5.73. The summed E-state index contributed by atoms with van der Waals surface area (Å²) < 4.78 is 5.09. The van der Waals surface area contributed by atoms with E-state index in [0.29, 0.717) is 39.1 Å². The van der Waals surface area contributed by atoms with Crippen LogP contribution in [0.2, 0.25) is 0 Å². The minimum atomic E-state index is -0.854. The van der Waals surface area contributed by atoms with Crippen molar-refractivity contribution >= 4 is 5.91 Å². The van der Waals surface area contributed by atoms with Crippen LogP contribution in [0.25, 0.3) is 0 Å². The van der Waals surface area contributed by atoms with Crippen LogP contribution < -0.4 is 11.1 Å². The van der Waals surface area contributed by atoms with Gasteiger partial charge in [-0.25, -0.2) is 0 Å². The van der Waals surface area contributed by atoms with Crippen LogP contribution in [0, 0.1) is 0 Å². The molecule has 0 aromatic heterocycles. The molecule has 1 rings (SSSR count). The van der Waals surface area contributed by atoms with E-state index < -0.39 is 5.60 Å². The number of amides is 1. The Bertz CT molecular complexity index is 215. The molecule has 0 radical (unpaired) electrons. The molecular formula is C11H22N2O3. The van der Waals surface area contributed by atoms with Gasteiger partial charge in [-0.05, 0) is 19.4 Å². The van der Waals surface area contributed by atoms with Gasteiger partial charge in [0.1, 0.15) is 5.60 Å². The van der Waals surface area contributed by atoms with E-state index in [9.17, 15) is 9.90 Å². The van der Waals surface area contributed by atoms with Gasteiger partial charge in [0.05, 0.1) is 6.61 Å². The molecule has 5 heteroatoms. The summed E-state index contributed by atoms with van der Waals surface area (Å²) >= 11 is 0. The van der Waals surface area contributed by atoms with E-state index in [1.165, 1.54) is 0 Å². The first-order chi connectivity index (χ1) is 7.66. The molecule has 0 bridgehead atoms. The second-order valence-corrected chi connectivity index (χ2v) is 4.40. The highest BCUT2D eigenvalue weighted by Gasteiger charge is 2.32. The Balaban J connectivity index is 2.05. The lowest BCUT2D eigenvalue weighted by Gasteiger charge is -2.20. The van der Waals surface area contributed by atoms with Crippen molar-refractivity contribution in [2.75, 3.05) is 26.3 Å². The van der Waals surface area contributed by atoms with Crippen molar-refractivity contribution in [1.82, 2.24) is 5.32 Å². The van der Waals surface area contributed by atoms with Gasteiger partial charge in [-0.3, -0.25) is 4.79 Å². The predicted molar refractivity (Wildman–Crippen MR) is 60.9 cm³/mol. The van der Waals surface area contributed by atoms with Crippen LogP contribution in [0.3, 0.4) is 0 Å². The Morgan fingerprint density at radius 1 is 1.44 bits per heavy atom. The quantitative estimate of drug-likeness (QED) is 0.528. The summed E-state index contributed by atoms with van der Waals surface area (Å²) in [5.41, 5.74) is 4.50. The zero-order valence-corrected chi connectivity index (χ0v) is 9.71. The zero-order chi connectivity index (χ0) is 11.9. The second-order valence-electron chi connectivity index (χ2n) is 4.40. The average Bonchev–Trinajstić information content (AvgIpc) is 2.70. The molecule has 1 fully saturated rings. The first-order valence-electron chi connectivity index (χ1n) is 5.93. The predicted octanol–water partition coefficient (Wildman–Crippen LogP) is -0.227. The number of nitrogens with one attached hydrogen (secondary N) is 1. The molecule has 0 aliphatic carbocycles. The van der Waals surface area contributed by atoms with Gasteiger partial charge in [0.25, 0.3) is 0 Å². The number of hydrogen-bond acceptors (Lipinski definition) is 4. The van der Waals surface area contributed by atoms with Gasteiger partial charge < -0.3 is 20.9 Å². The molecular weight excluding hydrogens is 208 g/mol. The van der Waals surface area contributed by atoms with Crippen LogP contribution >= 0.6 is 0 Å². The fraction of sp³-hybridized carbons (Fsp3) is 0.909. The van der Waals surface area contributed by atoms with Crippen LogP contribution in [-0.2, 0) is 9.53 Å². The molecule has 94 valence electrons. The van der Waals surface area contributed by atoms with E-state index in [-0.39, 0.29) is 5.91 Å². The second kappa shape index (κ2) is 6.83. The van der Waals surface area contributed by atoms with E-state index in [2.05, 4.69) is 5.32 Å². The number of aliphatic hydroxyl groups is 1. The van der Waals surface area contributed by atoms with Crippen LogP contribution in [-0.4, -0.2) is 42.9 Å². The Morgan fingerprint density at radius 2 is 2.25 bits per heavy atom. The number of ether oxygens (including phenoxy) is 1. The van der Waals surface area contributed by atoms with E-state index in [1.54, 1.807) is 0 Å². The topological polar surface area (TPSA) is 84.6 Å².